The van der Waals surface area contributed by atoms with Gasteiger partial charge in [-0.15, -0.1) is 0 Å². The van der Waals surface area contributed by atoms with Gasteiger partial charge in [-0.05, 0) is 49.2 Å². The van der Waals surface area contributed by atoms with Gasteiger partial charge < -0.3 is 0 Å². The van der Waals surface area contributed by atoms with Gasteiger partial charge in [0.2, 0.25) is 0 Å². The maximum Gasteiger partial charge on any atom is 0.266 e. The van der Waals surface area contributed by atoms with E-state index in [-0.39, 0.29) is 5.56 Å². The van der Waals surface area contributed by atoms with Crippen LogP contribution in [0.5, 0.6) is 0 Å². The lowest BCUT2D eigenvalue weighted by Crippen LogP contribution is -2.22. The minimum atomic E-state index is -0.0808. The minimum Gasteiger partial charge on any atom is -0.268 e. The summed E-state index contributed by atoms with van der Waals surface area (Å²) in [4.78, 5) is 18.1. The van der Waals surface area contributed by atoms with E-state index in [0.717, 1.165) is 17.0 Å². The topological polar surface area (TPSA) is 34.9 Å². The molecule has 0 saturated carbocycles. The fraction of sp³-hybridized carbons (Fsp3) is 0.130. The summed E-state index contributed by atoms with van der Waals surface area (Å²) in [6.07, 6.45) is 0. The fourth-order valence-corrected chi connectivity index (χ4v) is 4.33. The second kappa shape index (κ2) is 7.82. The van der Waals surface area contributed by atoms with Gasteiger partial charge in [0.15, 0.2) is 5.16 Å². The summed E-state index contributed by atoms with van der Waals surface area (Å²) < 4.78 is 1.71. The molecule has 0 aliphatic carbocycles. The quantitative estimate of drug-likeness (QED) is 0.310. The van der Waals surface area contributed by atoms with Gasteiger partial charge in [0.25, 0.3) is 5.56 Å². The zero-order valence-electron chi connectivity index (χ0n) is 15.6. The van der Waals surface area contributed by atoms with Gasteiger partial charge in [-0.25, -0.2) is 4.98 Å². The normalized spacial score (nSPS) is 11.1. The number of aryl methyl sites for hydroxylation is 2. The highest BCUT2D eigenvalue weighted by atomic mass is 35.5. The van der Waals surface area contributed by atoms with Crippen molar-refractivity contribution in [3.05, 3.63) is 98.8 Å². The third kappa shape index (κ3) is 3.71. The van der Waals surface area contributed by atoms with Crippen LogP contribution in [-0.4, -0.2) is 9.55 Å². The second-order valence-electron chi connectivity index (χ2n) is 6.76. The molecule has 5 heteroatoms. The van der Waals surface area contributed by atoms with Crippen molar-refractivity contribution < 1.29 is 0 Å². The number of fused-ring (bicyclic) bond motifs is 1. The molecule has 1 aromatic heterocycles. The summed E-state index contributed by atoms with van der Waals surface area (Å²) in [5.74, 6) is 0.728. The lowest BCUT2D eigenvalue weighted by atomic mass is 10.2. The molecule has 4 rings (SSSR count). The molecule has 3 nitrogen and oxygen atoms in total. The van der Waals surface area contributed by atoms with Crippen molar-refractivity contribution in [2.45, 2.75) is 24.8 Å². The molecular weight excluding hydrogens is 388 g/mol. The van der Waals surface area contributed by atoms with Crippen molar-refractivity contribution in [3.8, 4) is 5.69 Å². The summed E-state index contributed by atoms with van der Waals surface area (Å²) in [5, 5.41) is 1.80. The number of rotatable bonds is 4. The molecule has 0 unspecified atom stereocenters. The van der Waals surface area contributed by atoms with Crippen LogP contribution >= 0.6 is 23.4 Å². The van der Waals surface area contributed by atoms with Gasteiger partial charge in [0, 0.05) is 10.8 Å². The number of hydrogen-bond acceptors (Lipinski definition) is 3. The molecule has 0 atom stereocenters. The van der Waals surface area contributed by atoms with Gasteiger partial charge in [-0.3, -0.25) is 9.36 Å². The van der Waals surface area contributed by atoms with E-state index in [1.807, 2.05) is 37.3 Å². The van der Waals surface area contributed by atoms with Crippen LogP contribution in [0, 0.1) is 13.8 Å². The van der Waals surface area contributed by atoms with E-state index in [4.69, 9.17) is 16.6 Å². The number of thioether (sulfide) groups is 1. The van der Waals surface area contributed by atoms with Gasteiger partial charge >= 0.3 is 0 Å². The highest BCUT2D eigenvalue weighted by molar-refractivity contribution is 7.98. The lowest BCUT2D eigenvalue weighted by Gasteiger charge is -2.15. The zero-order valence-corrected chi connectivity index (χ0v) is 17.2. The first-order valence-corrected chi connectivity index (χ1v) is 10.4. The summed E-state index contributed by atoms with van der Waals surface area (Å²) >= 11 is 7.70. The van der Waals surface area contributed by atoms with Crippen molar-refractivity contribution in [1.29, 1.82) is 0 Å². The highest BCUT2D eigenvalue weighted by Gasteiger charge is 2.15. The molecule has 1 heterocycles. The summed E-state index contributed by atoms with van der Waals surface area (Å²) in [6, 6.07) is 21.5. The fourth-order valence-electron chi connectivity index (χ4n) is 3.21. The van der Waals surface area contributed by atoms with Crippen molar-refractivity contribution >= 4 is 34.3 Å². The Kier molecular flexibility index (Phi) is 5.25. The van der Waals surface area contributed by atoms with Crippen molar-refractivity contribution in [2.24, 2.45) is 0 Å². The van der Waals surface area contributed by atoms with E-state index in [9.17, 15) is 4.79 Å². The second-order valence-corrected chi connectivity index (χ2v) is 8.14. The van der Waals surface area contributed by atoms with E-state index < -0.39 is 0 Å². The average Bonchev–Trinajstić information content (AvgIpc) is 2.67. The summed E-state index contributed by atoms with van der Waals surface area (Å²) in [7, 11) is 0. The third-order valence-corrected chi connectivity index (χ3v) is 5.85. The maximum atomic E-state index is 13.3. The molecule has 0 saturated heterocycles. The average molecular weight is 407 g/mol. The lowest BCUT2D eigenvalue weighted by molar-refractivity contribution is 0.814. The molecule has 0 aliphatic rings. The van der Waals surface area contributed by atoms with E-state index in [1.54, 1.807) is 34.5 Å². The first kappa shape index (κ1) is 18.8. The SMILES string of the molecule is Cc1cccc(CSc2nc3cc(Cl)ccc3c(=O)n2-c2ccccc2C)c1. The largest absolute Gasteiger partial charge is 0.268 e. The Balaban J connectivity index is 1.88. The van der Waals surface area contributed by atoms with Gasteiger partial charge in [-0.1, -0.05) is 71.4 Å². The van der Waals surface area contributed by atoms with Crippen LogP contribution in [0.1, 0.15) is 16.7 Å². The molecule has 0 amide bonds. The monoisotopic (exact) mass is 406 g/mol. The van der Waals surface area contributed by atoms with Crippen LogP contribution < -0.4 is 5.56 Å². The maximum absolute atomic E-state index is 13.3. The molecule has 0 fully saturated rings. The molecule has 0 bridgehead atoms. The van der Waals surface area contributed by atoms with Crippen molar-refractivity contribution in [3.63, 3.8) is 0 Å². The van der Waals surface area contributed by atoms with Crippen LogP contribution in [0.25, 0.3) is 16.6 Å². The Morgan fingerprint density at radius 3 is 2.61 bits per heavy atom. The van der Waals surface area contributed by atoms with Crippen LogP contribution in [0.2, 0.25) is 5.02 Å². The van der Waals surface area contributed by atoms with Gasteiger partial charge in [-0.2, -0.15) is 0 Å². The molecule has 3 aromatic carbocycles. The Morgan fingerprint density at radius 2 is 1.82 bits per heavy atom. The summed E-state index contributed by atoms with van der Waals surface area (Å²) in [6.45, 7) is 4.08. The number of hydrogen-bond donors (Lipinski definition) is 0. The molecule has 4 aromatic rings. The van der Waals surface area contributed by atoms with Crippen LogP contribution in [0.3, 0.4) is 0 Å². The minimum absolute atomic E-state index is 0.0808. The van der Waals surface area contributed by atoms with Gasteiger partial charge in [0.1, 0.15) is 0 Å². The first-order valence-electron chi connectivity index (χ1n) is 8.99. The Bertz CT molecular complexity index is 1230. The molecule has 28 heavy (non-hydrogen) atoms. The molecule has 0 N–H and O–H groups in total. The molecular formula is C23H19ClN2OS. The van der Waals surface area contributed by atoms with E-state index in [2.05, 4.69) is 25.1 Å². The number of para-hydroxylation sites is 1. The number of benzene rings is 3. The van der Waals surface area contributed by atoms with Gasteiger partial charge in [0.05, 0.1) is 16.6 Å². The molecule has 0 radical (unpaired) electrons. The van der Waals surface area contributed by atoms with Crippen molar-refractivity contribution in [2.75, 3.05) is 0 Å². The van der Waals surface area contributed by atoms with Crippen LogP contribution in [0.4, 0.5) is 0 Å². The number of nitrogens with zero attached hydrogens (tertiary/aromatic N) is 2. The predicted octanol–water partition coefficient (Wildman–Crippen LogP) is 5.95. The number of aromatic nitrogens is 2. The van der Waals surface area contributed by atoms with Crippen molar-refractivity contribution in [1.82, 2.24) is 9.55 Å². The Hall–Kier alpha value is -2.56. The molecule has 0 aliphatic heterocycles. The van der Waals surface area contributed by atoms with E-state index in [1.165, 1.54) is 11.1 Å². The van der Waals surface area contributed by atoms with Crippen LogP contribution in [-0.2, 0) is 5.75 Å². The molecule has 140 valence electrons. The molecule has 0 spiro atoms. The van der Waals surface area contributed by atoms with E-state index >= 15 is 0 Å². The highest BCUT2D eigenvalue weighted by Crippen LogP contribution is 2.27. The third-order valence-electron chi connectivity index (χ3n) is 4.61. The Morgan fingerprint density at radius 1 is 1.00 bits per heavy atom. The Labute approximate surface area is 173 Å². The smallest absolute Gasteiger partial charge is 0.266 e. The first-order chi connectivity index (χ1) is 13.5. The van der Waals surface area contributed by atoms with E-state index in [0.29, 0.717) is 21.1 Å². The summed E-state index contributed by atoms with van der Waals surface area (Å²) in [5.41, 5.74) is 4.83. The zero-order chi connectivity index (χ0) is 19.7. The predicted molar refractivity (Wildman–Crippen MR) is 118 cm³/mol. The van der Waals surface area contributed by atoms with Crippen LogP contribution in [0.15, 0.2) is 76.7 Å². The standard InChI is InChI=1S/C23H19ClN2OS/c1-15-6-5-8-17(12-15)14-28-23-25-20-13-18(24)10-11-19(20)22(27)26(23)21-9-4-3-7-16(21)2/h3-13H,14H2,1-2H3. The number of halogens is 1.